The predicted octanol–water partition coefficient (Wildman–Crippen LogP) is 5.13. The van der Waals surface area contributed by atoms with Crippen LogP contribution in [0.4, 0.5) is 4.39 Å². The van der Waals surface area contributed by atoms with Crippen LogP contribution in [0.2, 0.25) is 0 Å². The van der Waals surface area contributed by atoms with E-state index in [1.54, 1.807) is 19.1 Å². The first kappa shape index (κ1) is 19.9. The van der Waals surface area contributed by atoms with Crippen molar-refractivity contribution in [1.82, 2.24) is 15.5 Å². The minimum absolute atomic E-state index is 0.140. The van der Waals surface area contributed by atoms with Gasteiger partial charge in [0.1, 0.15) is 17.3 Å². The molecule has 1 amide bonds. The molecule has 0 fully saturated rings. The summed E-state index contributed by atoms with van der Waals surface area (Å²) in [6.07, 6.45) is 0.483. The van der Waals surface area contributed by atoms with Crippen molar-refractivity contribution in [1.29, 1.82) is 0 Å². The maximum Gasteiger partial charge on any atom is 0.227 e. The minimum atomic E-state index is -0.302. The third-order valence-electron chi connectivity index (χ3n) is 5.44. The lowest BCUT2D eigenvalue weighted by atomic mass is 9.94. The number of aromatic nitrogens is 2. The Hall–Kier alpha value is -4.00. The van der Waals surface area contributed by atoms with Crippen LogP contribution in [0.1, 0.15) is 35.0 Å². The summed E-state index contributed by atoms with van der Waals surface area (Å²) in [6, 6.07) is 19.7. The number of fused-ring (bicyclic) bond motifs is 2. The van der Waals surface area contributed by atoms with E-state index in [1.165, 1.54) is 6.07 Å². The number of para-hydroxylation sites is 2. The molecule has 0 bridgehead atoms. The maximum absolute atomic E-state index is 13.5. The summed E-state index contributed by atoms with van der Waals surface area (Å²) in [6.45, 7) is 1.68. The maximum atomic E-state index is 13.5. The molecule has 3 aromatic carbocycles. The fraction of sp³-hybridized carbons (Fsp3) is 0.160. The van der Waals surface area contributed by atoms with Crippen LogP contribution in [-0.4, -0.2) is 16.0 Å². The van der Waals surface area contributed by atoms with Crippen LogP contribution in [0.5, 0.6) is 11.5 Å². The molecular weight excluding hydrogens is 409 g/mol. The minimum Gasteiger partial charge on any atom is -0.457 e. The van der Waals surface area contributed by atoms with Gasteiger partial charge in [-0.25, -0.2) is 4.39 Å². The average molecular weight is 429 g/mol. The standard InChI is InChI=1S/C25H20FN3O3/c1-15-14-16(10-11-19(15)26)25-28-23(32-29-25)13-12-22(30)27-24-17-6-2-4-8-20(17)31-21-9-5-3-7-18(21)24/h2-11,14,24H,12-13H2,1H3,(H,27,30). The van der Waals surface area contributed by atoms with Gasteiger partial charge in [-0.1, -0.05) is 41.6 Å². The Labute approximate surface area is 184 Å². The highest BCUT2D eigenvalue weighted by Crippen LogP contribution is 2.42. The van der Waals surface area contributed by atoms with Gasteiger partial charge in [-0.2, -0.15) is 4.98 Å². The first-order chi connectivity index (χ1) is 15.6. The second-order valence-electron chi connectivity index (χ2n) is 7.65. The summed E-state index contributed by atoms with van der Waals surface area (Å²) in [7, 11) is 0. The van der Waals surface area contributed by atoms with E-state index in [-0.39, 0.29) is 24.2 Å². The van der Waals surface area contributed by atoms with Crippen molar-refractivity contribution in [3.63, 3.8) is 0 Å². The number of ether oxygens (including phenoxy) is 1. The van der Waals surface area contributed by atoms with Crippen LogP contribution >= 0.6 is 0 Å². The molecule has 0 spiro atoms. The van der Waals surface area contributed by atoms with Gasteiger partial charge >= 0.3 is 0 Å². The van der Waals surface area contributed by atoms with E-state index in [1.807, 2.05) is 48.5 Å². The molecule has 0 unspecified atom stereocenters. The molecule has 6 nitrogen and oxygen atoms in total. The Morgan fingerprint density at radius 1 is 1.03 bits per heavy atom. The molecule has 1 N–H and O–H groups in total. The smallest absolute Gasteiger partial charge is 0.227 e. The normalized spacial score (nSPS) is 12.6. The summed E-state index contributed by atoms with van der Waals surface area (Å²) >= 11 is 0. The number of carbonyl (C=O) groups is 1. The molecule has 0 saturated heterocycles. The Morgan fingerprint density at radius 3 is 2.41 bits per heavy atom. The van der Waals surface area contributed by atoms with E-state index in [9.17, 15) is 9.18 Å². The van der Waals surface area contributed by atoms with Crippen LogP contribution in [0.3, 0.4) is 0 Å². The highest BCUT2D eigenvalue weighted by atomic mass is 19.1. The molecule has 7 heteroatoms. The lowest BCUT2D eigenvalue weighted by molar-refractivity contribution is -0.121. The fourth-order valence-corrected chi connectivity index (χ4v) is 3.78. The van der Waals surface area contributed by atoms with Crippen molar-refractivity contribution >= 4 is 5.91 Å². The number of nitrogens with one attached hydrogen (secondary N) is 1. The Bertz CT molecular complexity index is 1260. The molecule has 32 heavy (non-hydrogen) atoms. The third-order valence-corrected chi connectivity index (χ3v) is 5.44. The molecule has 0 aliphatic carbocycles. The van der Waals surface area contributed by atoms with E-state index in [2.05, 4.69) is 15.5 Å². The Kier molecular flexibility index (Phi) is 5.15. The Balaban J connectivity index is 1.28. The first-order valence-electron chi connectivity index (χ1n) is 10.3. The van der Waals surface area contributed by atoms with E-state index in [0.29, 0.717) is 29.3 Å². The zero-order valence-corrected chi connectivity index (χ0v) is 17.3. The first-order valence-corrected chi connectivity index (χ1v) is 10.3. The molecule has 1 aliphatic rings. The highest BCUT2D eigenvalue weighted by Gasteiger charge is 2.28. The van der Waals surface area contributed by atoms with Gasteiger partial charge in [0.05, 0.1) is 6.04 Å². The van der Waals surface area contributed by atoms with Gasteiger partial charge in [-0.15, -0.1) is 0 Å². The van der Waals surface area contributed by atoms with Crippen molar-refractivity contribution in [3.05, 3.63) is 95.1 Å². The zero-order chi connectivity index (χ0) is 22.1. The van der Waals surface area contributed by atoms with Gasteiger partial charge in [0.2, 0.25) is 17.6 Å². The van der Waals surface area contributed by atoms with Gasteiger partial charge < -0.3 is 14.6 Å². The molecule has 0 saturated carbocycles. The number of benzene rings is 3. The second kappa shape index (κ2) is 8.26. The van der Waals surface area contributed by atoms with Crippen molar-refractivity contribution in [2.75, 3.05) is 0 Å². The summed E-state index contributed by atoms with van der Waals surface area (Å²) in [4.78, 5) is 17.1. The van der Waals surface area contributed by atoms with Gasteiger partial charge in [0.15, 0.2) is 0 Å². The van der Waals surface area contributed by atoms with Crippen LogP contribution < -0.4 is 10.1 Å². The van der Waals surface area contributed by atoms with Crippen molar-refractivity contribution < 1.29 is 18.4 Å². The summed E-state index contributed by atoms with van der Waals surface area (Å²) in [5, 5.41) is 7.06. The Morgan fingerprint density at radius 2 is 1.72 bits per heavy atom. The number of amides is 1. The molecular formula is C25H20FN3O3. The van der Waals surface area contributed by atoms with Crippen molar-refractivity contribution in [2.24, 2.45) is 0 Å². The van der Waals surface area contributed by atoms with E-state index in [0.717, 1.165) is 22.6 Å². The van der Waals surface area contributed by atoms with Crippen molar-refractivity contribution in [2.45, 2.75) is 25.8 Å². The quantitative estimate of drug-likeness (QED) is 0.476. The fourth-order valence-electron chi connectivity index (χ4n) is 3.78. The molecule has 160 valence electrons. The molecule has 0 radical (unpaired) electrons. The molecule has 1 aromatic heterocycles. The SMILES string of the molecule is Cc1cc(-c2noc(CCC(=O)NC3c4ccccc4Oc4ccccc43)n2)ccc1F. The van der Waals surface area contributed by atoms with Crippen LogP contribution in [0.25, 0.3) is 11.4 Å². The number of rotatable bonds is 5. The monoisotopic (exact) mass is 429 g/mol. The van der Waals surface area contributed by atoms with Crippen LogP contribution in [0.15, 0.2) is 71.3 Å². The molecule has 2 heterocycles. The van der Waals surface area contributed by atoms with E-state index < -0.39 is 0 Å². The number of carbonyl (C=O) groups excluding carboxylic acids is 1. The van der Waals surface area contributed by atoms with Gasteiger partial charge in [0.25, 0.3) is 0 Å². The largest absolute Gasteiger partial charge is 0.457 e. The molecule has 5 rings (SSSR count). The second-order valence-corrected chi connectivity index (χ2v) is 7.65. The number of nitrogens with zero attached hydrogens (tertiary/aromatic N) is 2. The van der Waals surface area contributed by atoms with Gasteiger partial charge in [-0.05, 0) is 42.8 Å². The summed E-state index contributed by atoms with van der Waals surface area (Å²) < 4.78 is 24.7. The number of hydrogen-bond donors (Lipinski definition) is 1. The van der Waals surface area contributed by atoms with Gasteiger partial charge in [-0.3, -0.25) is 4.79 Å². The number of halogens is 1. The topological polar surface area (TPSA) is 77.2 Å². The lowest BCUT2D eigenvalue weighted by Gasteiger charge is -2.28. The number of aryl methyl sites for hydroxylation is 2. The highest BCUT2D eigenvalue weighted by molar-refractivity contribution is 5.78. The van der Waals surface area contributed by atoms with E-state index >= 15 is 0 Å². The lowest BCUT2D eigenvalue weighted by Crippen LogP contribution is -2.31. The van der Waals surface area contributed by atoms with Crippen LogP contribution in [-0.2, 0) is 11.2 Å². The molecule has 4 aromatic rings. The summed E-state index contributed by atoms with van der Waals surface area (Å²) in [5.74, 6) is 1.75. The average Bonchev–Trinajstić information content (AvgIpc) is 3.28. The van der Waals surface area contributed by atoms with Crippen LogP contribution in [0, 0.1) is 12.7 Å². The summed E-state index contributed by atoms with van der Waals surface area (Å²) in [5.41, 5.74) is 2.99. The predicted molar refractivity (Wildman–Crippen MR) is 116 cm³/mol. The van der Waals surface area contributed by atoms with E-state index in [4.69, 9.17) is 9.26 Å². The zero-order valence-electron chi connectivity index (χ0n) is 17.3. The number of hydrogen-bond acceptors (Lipinski definition) is 5. The van der Waals surface area contributed by atoms with Crippen molar-refractivity contribution in [3.8, 4) is 22.9 Å². The molecule has 1 aliphatic heterocycles. The third kappa shape index (κ3) is 3.85. The van der Waals surface area contributed by atoms with Gasteiger partial charge in [0, 0.05) is 29.5 Å². The molecule has 0 atom stereocenters.